The van der Waals surface area contributed by atoms with Crippen LogP contribution in [-0.2, 0) is 0 Å². The van der Waals surface area contributed by atoms with E-state index in [9.17, 15) is 0 Å². The molecule has 4 rings (SSSR count). The number of aromatic amines is 1. The van der Waals surface area contributed by atoms with E-state index in [-0.39, 0.29) is 0 Å². The molecule has 1 aliphatic rings. The number of aromatic nitrogens is 3. The van der Waals surface area contributed by atoms with Crippen molar-refractivity contribution in [3.63, 3.8) is 0 Å². The second kappa shape index (κ2) is 4.56. The molecule has 2 heterocycles. The first-order valence-corrected chi connectivity index (χ1v) is 6.84. The second-order valence-corrected chi connectivity index (χ2v) is 5.12. The molecule has 4 heteroatoms. The Hall–Kier alpha value is -2.49. The normalized spacial score (nSPS) is 15.2. The summed E-state index contributed by atoms with van der Waals surface area (Å²) in [6.45, 7) is 0. The van der Waals surface area contributed by atoms with Crippen LogP contribution in [0.1, 0.15) is 30.0 Å². The molecule has 0 aliphatic heterocycles. The van der Waals surface area contributed by atoms with Crippen LogP contribution in [0.4, 0.5) is 5.82 Å². The number of fused-ring (bicyclic) bond motifs is 1. The van der Waals surface area contributed by atoms with Gasteiger partial charge in [0.1, 0.15) is 0 Å². The highest BCUT2D eigenvalue weighted by molar-refractivity contribution is 5.90. The highest BCUT2D eigenvalue weighted by Crippen LogP contribution is 2.39. The molecule has 0 unspecified atom stereocenters. The summed E-state index contributed by atoms with van der Waals surface area (Å²) in [5.41, 5.74) is 3.06. The van der Waals surface area contributed by atoms with Gasteiger partial charge in [0.25, 0.3) is 0 Å². The molecule has 0 amide bonds. The van der Waals surface area contributed by atoms with E-state index in [1.54, 1.807) is 0 Å². The molecule has 0 atom stereocenters. The molecule has 1 fully saturated rings. The highest BCUT2D eigenvalue weighted by atomic mass is 15.2. The molecule has 2 aromatic heterocycles. The minimum atomic E-state index is 0.652. The van der Waals surface area contributed by atoms with E-state index in [1.807, 2.05) is 36.5 Å². The SMILES string of the molecule is C(=N\c1n[nH]c2nc(C3CC3)ccc12)/c1ccccc1. The zero-order valence-electron chi connectivity index (χ0n) is 11.0. The summed E-state index contributed by atoms with van der Waals surface area (Å²) in [5, 5.41) is 8.19. The van der Waals surface area contributed by atoms with Crippen LogP contribution < -0.4 is 0 Å². The quantitative estimate of drug-likeness (QED) is 0.733. The predicted molar refractivity (Wildman–Crippen MR) is 79.6 cm³/mol. The molecule has 0 spiro atoms. The van der Waals surface area contributed by atoms with Crippen LogP contribution in [-0.4, -0.2) is 21.4 Å². The van der Waals surface area contributed by atoms with Gasteiger partial charge in [0.05, 0.1) is 5.39 Å². The molecule has 1 saturated carbocycles. The molecule has 0 saturated heterocycles. The van der Waals surface area contributed by atoms with Gasteiger partial charge in [-0.05, 0) is 30.5 Å². The van der Waals surface area contributed by atoms with Gasteiger partial charge in [-0.25, -0.2) is 9.98 Å². The first-order chi connectivity index (χ1) is 9.90. The van der Waals surface area contributed by atoms with Gasteiger partial charge in [0.15, 0.2) is 11.5 Å². The van der Waals surface area contributed by atoms with Crippen LogP contribution in [0, 0.1) is 0 Å². The number of hydrogen-bond donors (Lipinski definition) is 1. The monoisotopic (exact) mass is 262 g/mol. The Labute approximate surface area is 116 Å². The Kier molecular flexibility index (Phi) is 2.59. The zero-order valence-corrected chi connectivity index (χ0v) is 11.0. The summed E-state index contributed by atoms with van der Waals surface area (Å²) < 4.78 is 0. The third kappa shape index (κ3) is 2.09. The summed E-state index contributed by atoms with van der Waals surface area (Å²) >= 11 is 0. The van der Waals surface area contributed by atoms with E-state index in [0.29, 0.717) is 11.7 Å². The van der Waals surface area contributed by atoms with Gasteiger partial charge in [-0.15, -0.1) is 0 Å². The standard InChI is InChI=1S/C16H14N4/c1-2-4-11(5-3-1)10-17-15-13-8-9-14(12-6-7-12)18-16(13)20-19-15/h1-5,8-10,12H,6-7H2,(H,18,19,20)/b17-10+. The molecular formula is C16H14N4. The third-order valence-electron chi connectivity index (χ3n) is 3.56. The first-order valence-electron chi connectivity index (χ1n) is 6.84. The van der Waals surface area contributed by atoms with E-state index in [4.69, 9.17) is 0 Å². The number of benzene rings is 1. The summed E-state index contributed by atoms with van der Waals surface area (Å²) in [6.07, 6.45) is 4.34. The lowest BCUT2D eigenvalue weighted by Gasteiger charge is -1.96. The molecule has 4 nitrogen and oxygen atoms in total. The Morgan fingerprint density at radius 3 is 2.75 bits per heavy atom. The summed E-state index contributed by atoms with van der Waals surface area (Å²) in [4.78, 5) is 9.07. The largest absolute Gasteiger partial charge is 0.259 e. The Morgan fingerprint density at radius 2 is 1.95 bits per heavy atom. The summed E-state index contributed by atoms with van der Waals surface area (Å²) in [5.74, 6) is 1.35. The molecule has 3 aromatic rings. The first kappa shape index (κ1) is 11.3. The molecule has 20 heavy (non-hydrogen) atoms. The lowest BCUT2D eigenvalue weighted by atomic mass is 10.2. The topological polar surface area (TPSA) is 53.9 Å². The number of H-pyrrole nitrogens is 1. The fraction of sp³-hybridized carbons (Fsp3) is 0.188. The van der Waals surface area contributed by atoms with Gasteiger partial charge in [0, 0.05) is 17.8 Å². The molecule has 1 aromatic carbocycles. The summed E-state index contributed by atoms with van der Waals surface area (Å²) in [7, 11) is 0. The number of hydrogen-bond acceptors (Lipinski definition) is 3. The molecule has 0 bridgehead atoms. The van der Waals surface area contributed by atoms with Crippen LogP contribution in [0.2, 0.25) is 0 Å². The van der Waals surface area contributed by atoms with Crippen molar-refractivity contribution in [1.29, 1.82) is 0 Å². The Balaban J connectivity index is 1.68. The minimum Gasteiger partial charge on any atom is -0.259 e. The van der Waals surface area contributed by atoms with Crippen molar-refractivity contribution >= 4 is 23.1 Å². The van der Waals surface area contributed by atoms with Crippen LogP contribution >= 0.6 is 0 Å². The van der Waals surface area contributed by atoms with E-state index in [2.05, 4.69) is 32.3 Å². The number of pyridine rings is 1. The molecule has 1 N–H and O–H groups in total. The van der Waals surface area contributed by atoms with Crippen molar-refractivity contribution in [1.82, 2.24) is 15.2 Å². The predicted octanol–water partition coefficient (Wildman–Crippen LogP) is 3.59. The molecule has 1 aliphatic carbocycles. The zero-order chi connectivity index (χ0) is 13.4. The van der Waals surface area contributed by atoms with Crippen LogP contribution in [0.3, 0.4) is 0 Å². The van der Waals surface area contributed by atoms with Crippen molar-refractivity contribution in [3.05, 3.63) is 53.7 Å². The fourth-order valence-corrected chi connectivity index (χ4v) is 2.29. The maximum Gasteiger partial charge on any atom is 0.183 e. The molecule has 0 radical (unpaired) electrons. The maximum absolute atomic E-state index is 4.62. The van der Waals surface area contributed by atoms with Crippen molar-refractivity contribution in [3.8, 4) is 0 Å². The fourth-order valence-electron chi connectivity index (χ4n) is 2.29. The lowest BCUT2D eigenvalue weighted by molar-refractivity contribution is 1.02. The maximum atomic E-state index is 4.62. The number of nitrogens with one attached hydrogen (secondary N) is 1. The third-order valence-corrected chi connectivity index (χ3v) is 3.56. The number of rotatable bonds is 3. The van der Waals surface area contributed by atoms with Crippen LogP contribution in [0.25, 0.3) is 11.0 Å². The Morgan fingerprint density at radius 1 is 1.10 bits per heavy atom. The average Bonchev–Trinajstić information content (AvgIpc) is 3.27. The van der Waals surface area contributed by atoms with Gasteiger partial charge in [-0.2, -0.15) is 5.10 Å². The number of nitrogens with zero attached hydrogens (tertiary/aromatic N) is 3. The van der Waals surface area contributed by atoms with E-state index in [0.717, 1.165) is 16.6 Å². The van der Waals surface area contributed by atoms with Crippen molar-refractivity contribution in [2.45, 2.75) is 18.8 Å². The van der Waals surface area contributed by atoms with Gasteiger partial charge in [-0.3, -0.25) is 5.10 Å². The van der Waals surface area contributed by atoms with E-state index < -0.39 is 0 Å². The second-order valence-electron chi connectivity index (χ2n) is 5.12. The van der Waals surface area contributed by atoms with E-state index in [1.165, 1.54) is 18.5 Å². The minimum absolute atomic E-state index is 0.652. The van der Waals surface area contributed by atoms with Gasteiger partial charge in [-0.1, -0.05) is 30.3 Å². The summed E-state index contributed by atoms with van der Waals surface area (Å²) in [6, 6.07) is 14.2. The Bertz CT molecular complexity index is 770. The molecular weight excluding hydrogens is 248 g/mol. The molecule has 98 valence electrons. The lowest BCUT2D eigenvalue weighted by Crippen LogP contribution is -1.85. The van der Waals surface area contributed by atoms with Gasteiger partial charge in [0.2, 0.25) is 0 Å². The van der Waals surface area contributed by atoms with Crippen molar-refractivity contribution < 1.29 is 0 Å². The highest BCUT2D eigenvalue weighted by Gasteiger charge is 2.25. The average molecular weight is 262 g/mol. The number of aliphatic imine (C=N–C) groups is 1. The van der Waals surface area contributed by atoms with Gasteiger partial charge < -0.3 is 0 Å². The van der Waals surface area contributed by atoms with E-state index >= 15 is 0 Å². The van der Waals surface area contributed by atoms with Gasteiger partial charge >= 0.3 is 0 Å². The van der Waals surface area contributed by atoms with Crippen molar-refractivity contribution in [2.24, 2.45) is 4.99 Å². The van der Waals surface area contributed by atoms with Crippen LogP contribution in [0.15, 0.2) is 47.5 Å². The van der Waals surface area contributed by atoms with Crippen molar-refractivity contribution in [2.75, 3.05) is 0 Å². The van der Waals surface area contributed by atoms with Crippen LogP contribution in [0.5, 0.6) is 0 Å². The smallest absolute Gasteiger partial charge is 0.183 e.